The van der Waals surface area contributed by atoms with Crippen LogP contribution in [-0.4, -0.2) is 44.9 Å². The van der Waals surface area contributed by atoms with E-state index in [-0.39, 0.29) is 27.9 Å². The van der Waals surface area contributed by atoms with Crippen LogP contribution in [0.3, 0.4) is 0 Å². The first kappa shape index (κ1) is 26.6. The number of sulfonamides is 2. The molecule has 1 fully saturated rings. The lowest BCUT2D eigenvalue weighted by molar-refractivity contribution is -0.122. The van der Waals surface area contributed by atoms with Gasteiger partial charge in [0.1, 0.15) is 6.04 Å². The molecule has 0 aliphatic carbocycles. The van der Waals surface area contributed by atoms with Crippen LogP contribution in [-0.2, 0) is 41.0 Å². The van der Waals surface area contributed by atoms with E-state index in [0.717, 1.165) is 21.3 Å². The van der Waals surface area contributed by atoms with Crippen LogP contribution in [0.15, 0.2) is 75.8 Å². The molecule has 194 valence electrons. The third kappa shape index (κ3) is 5.62. The Labute approximate surface area is 217 Å². The van der Waals surface area contributed by atoms with Gasteiger partial charge in [0.05, 0.1) is 21.9 Å². The second-order valence-corrected chi connectivity index (χ2v) is 12.6. The Bertz CT molecular complexity index is 1550. The van der Waals surface area contributed by atoms with Gasteiger partial charge in [-0.2, -0.15) is 4.31 Å². The summed E-state index contributed by atoms with van der Waals surface area (Å²) in [5, 5.41) is 9.43. The van der Waals surface area contributed by atoms with Crippen molar-refractivity contribution in [2.75, 3.05) is 10.2 Å². The maximum Gasteiger partial charge on any atom is 0.252 e. The van der Waals surface area contributed by atoms with Crippen molar-refractivity contribution in [3.8, 4) is 0 Å². The summed E-state index contributed by atoms with van der Waals surface area (Å²) in [7, 11) is -8.24. The van der Waals surface area contributed by atoms with Crippen LogP contribution < -0.4 is 15.4 Å². The Kier molecular flexibility index (Phi) is 7.30. The number of hydrogen-bond donors (Lipinski definition) is 2. The molecule has 2 heterocycles. The maximum atomic E-state index is 13.7. The van der Waals surface area contributed by atoms with Gasteiger partial charge in [-0.15, -0.1) is 11.3 Å². The van der Waals surface area contributed by atoms with Crippen LogP contribution in [0.5, 0.6) is 0 Å². The molecule has 37 heavy (non-hydrogen) atoms. The number of anilines is 2. The Balaban J connectivity index is 1.69. The average molecular weight is 563 g/mol. The number of thiophene rings is 1. The van der Waals surface area contributed by atoms with Gasteiger partial charge in [0.15, 0.2) is 0 Å². The van der Waals surface area contributed by atoms with E-state index in [9.17, 15) is 31.2 Å². The lowest BCUT2D eigenvalue weighted by Crippen LogP contribution is -2.44. The van der Waals surface area contributed by atoms with Crippen molar-refractivity contribution < 1.29 is 31.2 Å². The van der Waals surface area contributed by atoms with Gasteiger partial charge in [0.25, 0.3) is 5.91 Å². The molecule has 0 saturated carbocycles. The second kappa shape index (κ2) is 10.1. The molecule has 1 unspecified atom stereocenters. The van der Waals surface area contributed by atoms with Gasteiger partial charge >= 0.3 is 0 Å². The Hall–Kier alpha value is -3.43. The van der Waals surface area contributed by atoms with Crippen molar-refractivity contribution in [2.24, 2.45) is 5.14 Å². The minimum atomic E-state index is -4.26. The SMILES string of the molecule is CC(=O)Nc1ccc(S(=O)(=O)N(Cc2cccs2)C2CC(=O)N(c3ccc(S(N)(=O)=O)cc3)C2=O)cc1. The highest BCUT2D eigenvalue weighted by Gasteiger charge is 2.47. The number of benzene rings is 2. The zero-order chi connectivity index (χ0) is 27.0. The topological polar surface area (TPSA) is 164 Å². The number of hydrogen-bond acceptors (Lipinski definition) is 8. The highest BCUT2D eigenvalue weighted by atomic mass is 32.2. The van der Waals surface area contributed by atoms with Crippen LogP contribution >= 0.6 is 11.3 Å². The number of nitrogens with zero attached hydrogens (tertiary/aromatic N) is 2. The van der Waals surface area contributed by atoms with Gasteiger partial charge in [-0.05, 0) is 60.0 Å². The molecule has 3 aromatic rings. The van der Waals surface area contributed by atoms with Crippen molar-refractivity contribution in [3.63, 3.8) is 0 Å². The summed E-state index contributed by atoms with van der Waals surface area (Å²) in [5.74, 6) is -1.71. The molecule has 0 spiro atoms. The summed E-state index contributed by atoms with van der Waals surface area (Å²) in [6, 6.07) is 12.5. The molecule has 1 aliphatic rings. The fraction of sp³-hybridized carbons (Fsp3) is 0.174. The van der Waals surface area contributed by atoms with Gasteiger partial charge < -0.3 is 5.32 Å². The lowest BCUT2D eigenvalue weighted by Gasteiger charge is -2.26. The molecule has 3 amide bonds. The fourth-order valence-electron chi connectivity index (χ4n) is 3.86. The fourth-order valence-corrected chi connectivity index (χ4v) is 6.72. The largest absolute Gasteiger partial charge is 0.326 e. The number of imide groups is 1. The smallest absolute Gasteiger partial charge is 0.252 e. The zero-order valence-corrected chi connectivity index (χ0v) is 21.8. The summed E-state index contributed by atoms with van der Waals surface area (Å²) >= 11 is 1.30. The predicted molar refractivity (Wildman–Crippen MR) is 137 cm³/mol. The average Bonchev–Trinajstić information content (AvgIpc) is 3.44. The molecule has 1 aliphatic heterocycles. The summed E-state index contributed by atoms with van der Waals surface area (Å²) in [5.41, 5.74) is 0.496. The van der Waals surface area contributed by atoms with E-state index in [0.29, 0.717) is 10.6 Å². The molecule has 0 radical (unpaired) electrons. The Morgan fingerprint density at radius 1 is 1.03 bits per heavy atom. The van der Waals surface area contributed by atoms with Crippen molar-refractivity contribution >= 4 is 60.5 Å². The molecule has 11 nitrogen and oxygen atoms in total. The number of primary sulfonamides is 1. The first-order chi connectivity index (χ1) is 17.4. The van der Waals surface area contributed by atoms with Crippen LogP contribution in [0.1, 0.15) is 18.2 Å². The second-order valence-electron chi connectivity index (χ2n) is 8.16. The summed E-state index contributed by atoms with van der Waals surface area (Å²) in [4.78, 5) is 38.8. The third-order valence-corrected chi connectivity index (χ3v) is 9.23. The number of rotatable bonds is 8. The van der Waals surface area contributed by atoms with Crippen LogP contribution in [0.25, 0.3) is 0 Å². The van der Waals surface area contributed by atoms with Crippen molar-refractivity contribution in [3.05, 3.63) is 70.9 Å². The van der Waals surface area contributed by atoms with E-state index in [1.165, 1.54) is 54.7 Å². The van der Waals surface area contributed by atoms with Crippen LogP contribution in [0.4, 0.5) is 11.4 Å². The number of nitrogens with one attached hydrogen (secondary N) is 1. The Morgan fingerprint density at radius 2 is 1.65 bits per heavy atom. The number of carbonyl (C=O) groups is 3. The van der Waals surface area contributed by atoms with Gasteiger partial charge in [-0.3, -0.25) is 14.4 Å². The van der Waals surface area contributed by atoms with E-state index in [1.54, 1.807) is 17.5 Å². The summed E-state index contributed by atoms with van der Waals surface area (Å²) in [6.07, 6.45) is -0.398. The van der Waals surface area contributed by atoms with Crippen LogP contribution in [0.2, 0.25) is 0 Å². The van der Waals surface area contributed by atoms with Crippen molar-refractivity contribution in [2.45, 2.75) is 35.7 Å². The van der Waals surface area contributed by atoms with Gasteiger partial charge in [-0.25, -0.2) is 26.9 Å². The van der Waals surface area contributed by atoms with Gasteiger partial charge in [0, 0.05) is 24.0 Å². The van der Waals surface area contributed by atoms with Crippen molar-refractivity contribution in [1.29, 1.82) is 0 Å². The highest BCUT2D eigenvalue weighted by molar-refractivity contribution is 7.89. The Morgan fingerprint density at radius 3 is 2.19 bits per heavy atom. The maximum absolute atomic E-state index is 13.7. The predicted octanol–water partition coefficient (Wildman–Crippen LogP) is 1.88. The molecule has 0 bridgehead atoms. The number of amides is 3. The first-order valence-corrected chi connectivity index (χ1v) is 14.7. The summed E-state index contributed by atoms with van der Waals surface area (Å²) < 4.78 is 51.5. The monoisotopic (exact) mass is 562 g/mol. The molecule has 1 saturated heterocycles. The number of carbonyl (C=O) groups excluding carboxylic acids is 3. The van der Waals surface area contributed by atoms with E-state index in [1.807, 2.05) is 0 Å². The molecule has 1 atom stereocenters. The lowest BCUT2D eigenvalue weighted by atomic mass is 10.2. The number of nitrogens with two attached hydrogens (primary N) is 1. The zero-order valence-electron chi connectivity index (χ0n) is 19.4. The highest BCUT2D eigenvalue weighted by Crippen LogP contribution is 2.32. The quantitative estimate of drug-likeness (QED) is 0.396. The molecule has 14 heteroatoms. The van der Waals surface area contributed by atoms with E-state index in [2.05, 4.69) is 5.32 Å². The molecule has 4 rings (SSSR count). The van der Waals surface area contributed by atoms with Gasteiger partial charge in [0.2, 0.25) is 31.9 Å². The van der Waals surface area contributed by atoms with Crippen molar-refractivity contribution in [1.82, 2.24) is 4.31 Å². The van der Waals surface area contributed by atoms with Crippen LogP contribution in [0, 0.1) is 0 Å². The molecule has 2 aromatic carbocycles. The minimum Gasteiger partial charge on any atom is -0.326 e. The normalized spacial score (nSPS) is 16.4. The first-order valence-electron chi connectivity index (χ1n) is 10.8. The van der Waals surface area contributed by atoms with E-state index < -0.39 is 44.3 Å². The summed E-state index contributed by atoms with van der Waals surface area (Å²) in [6.45, 7) is 1.18. The third-order valence-electron chi connectivity index (χ3n) is 5.57. The molecule has 1 aromatic heterocycles. The van der Waals surface area contributed by atoms with E-state index >= 15 is 0 Å². The molecule has 3 N–H and O–H groups in total. The van der Waals surface area contributed by atoms with E-state index in [4.69, 9.17) is 5.14 Å². The molecular formula is C23H22N4O7S3. The molecular weight excluding hydrogens is 540 g/mol. The minimum absolute atomic E-state index is 0.0954. The van der Waals surface area contributed by atoms with Gasteiger partial charge in [-0.1, -0.05) is 6.07 Å². The standard InChI is InChI=1S/C23H22N4O7S3/c1-15(28)25-16-4-8-20(9-5-16)37(33,34)26(14-18-3-2-12-35-18)21-13-22(29)27(23(21)30)17-6-10-19(11-7-17)36(24,31)32/h2-12,21H,13-14H2,1H3,(H,25,28)(H2,24,31,32).